The van der Waals surface area contributed by atoms with Gasteiger partial charge in [-0.2, -0.15) is 0 Å². The Labute approximate surface area is 141 Å². The van der Waals surface area contributed by atoms with Crippen molar-refractivity contribution in [3.05, 3.63) is 59.9 Å². The van der Waals surface area contributed by atoms with Crippen LogP contribution in [0.25, 0.3) is 0 Å². The summed E-state index contributed by atoms with van der Waals surface area (Å²) in [5.41, 5.74) is 2.38. The van der Waals surface area contributed by atoms with Crippen LogP contribution in [0.15, 0.2) is 48.5 Å². The second-order valence-corrected chi connectivity index (χ2v) is 5.64. The number of benzene rings is 2. The molecular formula is C19H21FN2O2. The van der Waals surface area contributed by atoms with E-state index in [1.54, 1.807) is 36.4 Å². The van der Waals surface area contributed by atoms with Crippen LogP contribution in [0.2, 0.25) is 0 Å². The maximum Gasteiger partial charge on any atom is 0.224 e. The van der Waals surface area contributed by atoms with Crippen LogP contribution in [0, 0.1) is 5.82 Å². The Morgan fingerprint density at radius 3 is 2.29 bits per heavy atom. The average molecular weight is 328 g/mol. The molecule has 4 nitrogen and oxygen atoms in total. The number of amides is 2. The highest BCUT2D eigenvalue weighted by molar-refractivity contribution is 5.93. The fourth-order valence-corrected chi connectivity index (χ4v) is 2.37. The van der Waals surface area contributed by atoms with Crippen LogP contribution in [0.4, 0.5) is 15.8 Å². The highest BCUT2D eigenvalue weighted by Gasteiger charge is 2.04. The second kappa shape index (κ2) is 8.82. The quantitative estimate of drug-likeness (QED) is 0.751. The molecule has 2 amide bonds. The predicted molar refractivity (Wildman–Crippen MR) is 93.3 cm³/mol. The first-order valence-electron chi connectivity index (χ1n) is 7.95. The van der Waals surface area contributed by atoms with Gasteiger partial charge in [0.05, 0.1) is 0 Å². The minimum atomic E-state index is -0.236. The zero-order valence-corrected chi connectivity index (χ0v) is 13.6. The molecule has 0 aliphatic carbocycles. The Morgan fingerprint density at radius 2 is 1.62 bits per heavy atom. The van der Waals surface area contributed by atoms with E-state index in [2.05, 4.69) is 10.6 Å². The summed E-state index contributed by atoms with van der Waals surface area (Å²) in [5.74, 6) is -0.451. The summed E-state index contributed by atoms with van der Waals surface area (Å²) in [4.78, 5) is 23.0. The molecule has 0 radical (unpaired) electrons. The Balaban J connectivity index is 1.73. The summed E-state index contributed by atoms with van der Waals surface area (Å²) in [7, 11) is 0. The molecule has 5 heteroatoms. The van der Waals surface area contributed by atoms with Gasteiger partial charge in [0.2, 0.25) is 11.8 Å². The standard InChI is InChI=1S/C19H21FN2O2/c1-14(23)21-17-6-4-7-18(13-17)22-19(24)8-3-2-5-15-9-11-16(20)12-10-15/h4,6-7,9-13H,2-3,5,8H2,1H3,(H,21,23)(H,22,24). The van der Waals surface area contributed by atoms with Crippen LogP contribution >= 0.6 is 0 Å². The van der Waals surface area contributed by atoms with E-state index < -0.39 is 0 Å². The lowest BCUT2D eigenvalue weighted by Gasteiger charge is -2.08. The Morgan fingerprint density at radius 1 is 0.958 bits per heavy atom. The molecule has 0 bridgehead atoms. The summed E-state index contributed by atoms with van der Waals surface area (Å²) in [6, 6.07) is 13.5. The number of hydrogen-bond acceptors (Lipinski definition) is 2. The number of hydrogen-bond donors (Lipinski definition) is 2. The van der Waals surface area contributed by atoms with E-state index in [0.29, 0.717) is 17.8 Å². The second-order valence-electron chi connectivity index (χ2n) is 5.64. The van der Waals surface area contributed by atoms with Crippen LogP contribution in [-0.2, 0) is 16.0 Å². The Hall–Kier alpha value is -2.69. The molecule has 0 spiro atoms. The van der Waals surface area contributed by atoms with Crippen molar-refractivity contribution in [1.29, 1.82) is 0 Å². The average Bonchev–Trinajstić information content (AvgIpc) is 2.53. The maximum absolute atomic E-state index is 12.8. The lowest BCUT2D eigenvalue weighted by Crippen LogP contribution is -2.12. The van der Waals surface area contributed by atoms with Gasteiger partial charge in [0.1, 0.15) is 5.82 Å². The minimum Gasteiger partial charge on any atom is -0.326 e. The molecule has 126 valence electrons. The summed E-state index contributed by atoms with van der Waals surface area (Å²) in [6.45, 7) is 1.44. The SMILES string of the molecule is CC(=O)Nc1cccc(NC(=O)CCCCc2ccc(F)cc2)c1. The third-order valence-corrected chi connectivity index (χ3v) is 3.50. The third kappa shape index (κ3) is 6.20. The van der Waals surface area contributed by atoms with Crippen LogP contribution in [0.3, 0.4) is 0 Å². The van der Waals surface area contributed by atoms with E-state index in [-0.39, 0.29) is 17.6 Å². The number of unbranched alkanes of at least 4 members (excludes halogenated alkanes) is 1. The predicted octanol–water partition coefficient (Wildman–Crippen LogP) is 4.14. The van der Waals surface area contributed by atoms with Crippen molar-refractivity contribution in [2.75, 3.05) is 10.6 Å². The highest BCUT2D eigenvalue weighted by Crippen LogP contribution is 2.16. The summed E-state index contributed by atoms with van der Waals surface area (Å²) in [5, 5.41) is 5.50. The van der Waals surface area contributed by atoms with Gasteiger partial charge < -0.3 is 10.6 Å². The first-order chi connectivity index (χ1) is 11.5. The molecule has 2 aromatic carbocycles. The summed E-state index contributed by atoms with van der Waals surface area (Å²) < 4.78 is 12.8. The fraction of sp³-hybridized carbons (Fsp3) is 0.263. The molecule has 0 saturated carbocycles. The Kier molecular flexibility index (Phi) is 6.49. The largest absolute Gasteiger partial charge is 0.326 e. The number of nitrogens with one attached hydrogen (secondary N) is 2. The van der Waals surface area contributed by atoms with E-state index >= 15 is 0 Å². The topological polar surface area (TPSA) is 58.2 Å². The number of carbonyl (C=O) groups excluding carboxylic acids is 2. The number of aryl methyl sites for hydroxylation is 1. The van der Waals surface area contributed by atoms with Crippen molar-refractivity contribution in [3.63, 3.8) is 0 Å². The van der Waals surface area contributed by atoms with Crippen molar-refractivity contribution in [2.24, 2.45) is 0 Å². The van der Waals surface area contributed by atoms with Gasteiger partial charge >= 0.3 is 0 Å². The normalized spacial score (nSPS) is 10.2. The van der Waals surface area contributed by atoms with E-state index in [1.165, 1.54) is 19.1 Å². The molecule has 2 aromatic rings. The Bertz CT molecular complexity index is 699. The van der Waals surface area contributed by atoms with Crippen molar-refractivity contribution < 1.29 is 14.0 Å². The third-order valence-electron chi connectivity index (χ3n) is 3.50. The lowest BCUT2D eigenvalue weighted by atomic mass is 10.1. The van der Waals surface area contributed by atoms with Crippen LogP contribution in [0.5, 0.6) is 0 Å². The molecule has 0 fully saturated rings. The van der Waals surface area contributed by atoms with Crippen LogP contribution in [-0.4, -0.2) is 11.8 Å². The summed E-state index contributed by atoms with van der Waals surface area (Å²) in [6.07, 6.45) is 2.87. The monoisotopic (exact) mass is 328 g/mol. The molecule has 0 atom stereocenters. The molecule has 0 heterocycles. The molecule has 2 N–H and O–H groups in total. The summed E-state index contributed by atoms with van der Waals surface area (Å²) >= 11 is 0. The van der Waals surface area contributed by atoms with Gasteiger partial charge in [-0.15, -0.1) is 0 Å². The van der Waals surface area contributed by atoms with Crippen LogP contribution < -0.4 is 10.6 Å². The molecule has 0 aliphatic heterocycles. The van der Waals surface area contributed by atoms with Crippen molar-refractivity contribution in [3.8, 4) is 0 Å². The molecule has 0 unspecified atom stereocenters. The first-order valence-corrected chi connectivity index (χ1v) is 7.95. The molecule has 0 aromatic heterocycles. The van der Waals surface area contributed by atoms with E-state index in [4.69, 9.17) is 0 Å². The number of carbonyl (C=O) groups is 2. The minimum absolute atomic E-state index is 0.0610. The van der Waals surface area contributed by atoms with Gasteiger partial charge in [-0.05, 0) is 55.2 Å². The van der Waals surface area contributed by atoms with Gasteiger partial charge in [-0.1, -0.05) is 18.2 Å². The van der Waals surface area contributed by atoms with Crippen LogP contribution in [0.1, 0.15) is 31.7 Å². The lowest BCUT2D eigenvalue weighted by molar-refractivity contribution is -0.116. The highest BCUT2D eigenvalue weighted by atomic mass is 19.1. The zero-order valence-electron chi connectivity index (χ0n) is 13.6. The van der Waals surface area contributed by atoms with Gasteiger partial charge in [0, 0.05) is 24.7 Å². The molecule has 0 saturated heterocycles. The van der Waals surface area contributed by atoms with Crippen molar-refractivity contribution in [2.45, 2.75) is 32.6 Å². The van der Waals surface area contributed by atoms with Gasteiger partial charge in [-0.25, -0.2) is 4.39 Å². The number of anilines is 2. The molecule has 24 heavy (non-hydrogen) atoms. The van der Waals surface area contributed by atoms with E-state index in [1.807, 2.05) is 0 Å². The van der Waals surface area contributed by atoms with E-state index in [0.717, 1.165) is 24.8 Å². The van der Waals surface area contributed by atoms with Gasteiger partial charge in [0.15, 0.2) is 0 Å². The molecule has 2 rings (SSSR count). The van der Waals surface area contributed by atoms with Gasteiger partial charge in [0.25, 0.3) is 0 Å². The number of rotatable bonds is 7. The van der Waals surface area contributed by atoms with Crippen molar-refractivity contribution >= 4 is 23.2 Å². The smallest absolute Gasteiger partial charge is 0.224 e. The maximum atomic E-state index is 12.8. The molecule has 0 aliphatic rings. The zero-order chi connectivity index (χ0) is 17.4. The van der Waals surface area contributed by atoms with E-state index in [9.17, 15) is 14.0 Å². The molecular weight excluding hydrogens is 307 g/mol. The first kappa shape index (κ1) is 17.7. The number of halogens is 1. The van der Waals surface area contributed by atoms with Gasteiger partial charge in [-0.3, -0.25) is 9.59 Å². The fourth-order valence-electron chi connectivity index (χ4n) is 2.37. The van der Waals surface area contributed by atoms with Crippen molar-refractivity contribution in [1.82, 2.24) is 0 Å².